The van der Waals surface area contributed by atoms with Crippen molar-refractivity contribution in [3.05, 3.63) is 90.2 Å². The Labute approximate surface area is 210 Å². The highest BCUT2D eigenvalue weighted by Crippen LogP contribution is 2.26. The van der Waals surface area contributed by atoms with Crippen molar-refractivity contribution >= 4 is 5.69 Å². The molecule has 3 aromatic carbocycles. The van der Waals surface area contributed by atoms with E-state index < -0.39 is 6.10 Å². The minimum absolute atomic E-state index is 0.197. The number of halogens is 1. The third-order valence-corrected chi connectivity index (χ3v) is 5.32. The summed E-state index contributed by atoms with van der Waals surface area (Å²) < 4.78 is 27.4. The summed E-state index contributed by atoms with van der Waals surface area (Å²) in [4.78, 5) is 4.45. The maximum absolute atomic E-state index is 14.6. The number of aliphatic hydroxyl groups excluding tert-OH is 1. The molecule has 4 rings (SSSR count). The molecule has 2 N–H and O–H groups in total. The monoisotopic (exact) mass is 490 g/mol. The molecule has 0 amide bonds. The number of hydrogen-bond donors (Lipinski definition) is 2. The van der Waals surface area contributed by atoms with Gasteiger partial charge in [0.05, 0.1) is 37.2 Å². The number of anilines is 1. The number of aromatic nitrogens is 3. The van der Waals surface area contributed by atoms with E-state index >= 15 is 0 Å². The van der Waals surface area contributed by atoms with Crippen molar-refractivity contribution in [3.63, 3.8) is 0 Å². The van der Waals surface area contributed by atoms with E-state index in [0.29, 0.717) is 42.8 Å². The molecule has 0 fully saturated rings. The summed E-state index contributed by atoms with van der Waals surface area (Å²) in [5.41, 5.74) is 2.93. The molecule has 7 nitrogen and oxygen atoms in total. The highest BCUT2D eigenvalue weighted by Gasteiger charge is 2.18. The maximum Gasteiger partial charge on any atom is 0.336 e. The third kappa shape index (κ3) is 6.90. The fourth-order valence-corrected chi connectivity index (χ4v) is 3.49. The van der Waals surface area contributed by atoms with Crippen LogP contribution in [0.4, 0.5) is 10.1 Å². The van der Waals surface area contributed by atoms with Crippen LogP contribution in [0.2, 0.25) is 0 Å². The molecule has 0 radical (unpaired) electrons. The summed E-state index contributed by atoms with van der Waals surface area (Å²) in [7, 11) is 0. The molecule has 0 saturated heterocycles. The van der Waals surface area contributed by atoms with E-state index in [9.17, 15) is 9.50 Å². The lowest BCUT2D eigenvalue weighted by molar-refractivity contribution is 0.0348. The van der Waals surface area contributed by atoms with Gasteiger partial charge in [-0.1, -0.05) is 56.3 Å². The summed E-state index contributed by atoms with van der Waals surface area (Å²) in [6, 6.07) is 23.9. The van der Waals surface area contributed by atoms with Crippen LogP contribution >= 0.6 is 0 Å². The number of benzene rings is 3. The van der Waals surface area contributed by atoms with E-state index in [2.05, 4.69) is 15.4 Å². The fourth-order valence-electron chi connectivity index (χ4n) is 3.49. The summed E-state index contributed by atoms with van der Waals surface area (Å²) in [6.45, 7) is 5.55. The minimum atomic E-state index is -0.656. The Morgan fingerprint density at radius 1 is 0.944 bits per heavy atom. The van der Waals surface area contributed by atoms with Crippen molar-refractivity contribution in [3.8, 4) is 23.1 Å². The molecule has 0 aliphatic heterocycles. The standard InChI is InChI=1S/C28H31FN4O3/c1-20(2)17-36-28-31-27(25-10-6-7-11-26(25)29)33(32-28)23-14-12-22(13-15-23)30-16-24(34)19-35-18-21-8-4-3-5-9-21/h3-15,20,24,30,34H,16-19H2,1-2H3/t24-/m1/s1. The topological polar surface area (TPSA) is 81.4 Å². The van der Waals surface area contributed by atoms with E-state index in [1.165, 1.54) is 6.07 Å². The Balaban J connectivity index is 1.40. The van der Waals surface area contributed by atoms with Gasteiger partial charge in [-0.15, -0.1) is 5.10 Å². The summed E-state index contributed by atoms with van der Waals surface area (Å²) in [5, 5.41) is 17.9. The van der Waals surface area contributed by atoms with Gasteiger partial charge in [0.25, 0.3) is 0 Å². The Morgan fingerprint density at radius 2 is 1.67 bits per heavy atom. The van der Waals surface area contributed by atoms with E-state index in [1.54, 1.807) is 22.9 Å². The zero-order valence-corrected chi connectivity index (χ0v) is 20.5. The smallest absolute Gasteiger partial charge is 0.336 e. The van der Waals surface area contributed by atoms with Crippen LogP contribution in [-0.2, 0) is 11.3 Å². The Hall–Kier alpha value is -3.75. The third-order valence-electron chi connectivity index (χ3n) is 5.32. The van der Waals surface area contributed by atoms with E-state index in [1.807, 2.05) is 68.4 Å². The minimum Gasteiger partial charge on any atom is -0.462 e. The molecule has 0 unspecified atom stereocenters. The van der Waals surface area contributed by atoms with Crippen LogP contribution in [0.15, 0.2) is 78.9 Å². The molecular weight excluding hydrogens is 459 g/mol. The van der Waals surface area contributed by atoms with Gasteiger partial charge in [0.15, 0.2) is 5.82 Å². The predicted octanol–water partition coefficient (Wildman–Crippen LogP) is 5.10. The van der Waals surface area contributed by atoms with E-state index in [4.69, 9.17) is 9.47 Å². The van der Waals surface area contributed by atoms with Gasteiger partial charge in [-0.25, -0.2) is 9.07 Å². The summed E-state index contributed by atoms with van der Waals surface area (Å²) in [6.07, 6.45) is -0.656. The fraction of sp³-hybridized carbons (Fsp3) is 0.286. The molecular formula is C28H31FN4O3. The van der Waals surface area contributed by atoms with Gasteiger partial charge < -0.3 is 19.9 Å². The Bertz CT molecular complexity index is 1230. The van der Waals surface area contributed by atoms with Crippen LogP contribution in [0.3, 0.4) is 0 Å². The van der Waals surface area contributed by atoms with E-state index in [-0.39, 0.29) is 18.4 Å². The van der Waals surface area contributed by atoms with Crippen molar-refractivity contribution in [2.45, 2.75) is 26.6 Å². The first kappa shape index (κ1) is 25.3. The quantitative estimate of drug-likeness (QED) is 0.288. The number of nitrogens with zero attached hydrogens (tertiary/aromatic N) is 3. The average molecular weight is 491 g/mol. The number of hydrogen-bond acceptors (Lipinski definition) is 6. The molecule has 1 aromatic heterocycles. The Morgan fingerprint density at radius 3 is 2.39 bits per heavy atom. The van der Waals surface area contributed by atoms with Crippen LogP contribution in [0.5, 0.6) is 6.01 Å². The molecule has 1 heterocycles. The first-order valence-corrected chi connectivity index (χ1v) is 12.0. The van der Waals surface area contributed by atoms with Crippen molar-refractivity contribution in [2.24, 2.45) is 5.92 Å². The van der Waals surface area contributed by atoms with Crippen LogP contribution in [0, 0.1) is 11.7 Å². The zero-order valence-electron chi connectivity index (χ0n) is 20.5. The molecule has 1 atom stereocenters. The second kappa shape index (κ2) is 12.3. The molecule has 0 saturated carbocycles. The van der Waals surface area contributed by atoms with Gasteiger partial charge in [-0.05, 0) is 47.9 Å². The maximum atomic E-state index is 14.6. The van der Waals surface area contributed by atoms with Crippen molar-refractivity contribution in [1.82, 2.24) is 14.8 Å². The number of aliphatic hydroxyl groups is 1. The van der Waals surface area contributed by atoms with Crippen molar-refractivity contribution < 1.29 is 19.0 Å². The lowest BCUT2D eigenvalue weighted by atomic mass is 10.2. The normalized spacial score (nSPS) is 12.0. The highest BCUT2D eigenvalue weighted by atomic mass is 19.1. The molecule has 188 valence electrons. The second-order valence-corrected chi connectivity index (χ2v) is 8.90. The molecule has 0 aliphatic carbocycles. The number of nitrogens with one attached hydrogen (secondary N) is 1. The van der Waals surface area contributed by atoms with Crippen LogP contribution in [0.1, 0.15) is 19.4 Å². The molecule has 0 bridgehead atoms. The van der Waals surface area contributed by atoms with Gasteiger partial charge in [-0.2, -0.15) is 4.98 Å². The van der Waals surface area contributed by atoms with Gasteiger partial charge in [0, 0.05) is 12.2 Å². The zero-order chi connectivity index (χ0) is 25.3. The highest BCUT2D eigenvalue weighted by molar-refractivity contribution is 5.60. The molecule has 0 aliphatic rings. The second-order valence-electron chi connectivity index (χ2n) is 8.90. The van der Waals surface area contributed by atoms with Gasteiger partial charge in [0.2, 0.25) is 0 Å². The first-order chi connectivity index (χ1) is 17.5. The largest absolute Gasteiger partial charge is 0.462 e. The van der Waals surface area contributed by atoms with Crippen molar-refractivity contribution in [2.75, 3.05) is 25.1 Å². The van der Waals surface area contributed by atoms with Crippen LogP contribution in [-0.4, -0.2) is 45.7 Å². The van der Waals surface area contributed by atoms with Crippen LogP contribution in [0.25, 0.3) is 17.1 Å². The molecule has 0 spiro atoms. The number of rotatable bonds is 12. The molecule has 4 aromatic rings. The number of ether oxygens (including phenoxy) is 2. The van der Waals surface area contributed by atoms with Gasteiger partial charge in [-0.3, -0.25) is 0 Å². The summed E-state index contributed by atoms with van der Waals surface area (Å²) in [5.74, 6) is 0.278. The summed E-state index contributed by atoms with van der Waals surface area (Å²) >= 11 is 0. The molecule has 8 heteroatoms. The first-order valence-electron chi connectivity index (χ1n) is 12.0. The lowest BCUT2D eigenvalue weighted by Gasteiger charge is -2.14. The van der Waals surface area contributed by atoms with Gasteiger partial charge in [0.1, 0.15) is 5.82 Å². The lowest BCUT2D eigenvalue weighted by Crippen LogP contribution is -2.24. The van der Waals surface area contributed by atoms with E-state index in [0.717, 1.165) is 11.3 Å². The van der Waals surface area contributed by atoms with Crippen molar-refractivity contribution in [1.29, 1.82) is 0 Å². The SMILES string of the molecule is CC(C)COc1nc(-c2ccccc2F)n(-c2ccc(NC[C@@H](O)COCc3ccccc3)cc2)n1. The van der Waals surface area contributed by atoms with Gasteiger partial charge >= 0.3 is 6.01 Å². The van der Waals surface area contributed by atoms with Crippen LogP contribution < -0.4 is 10.1 Å². The predicted molar refractivity (Wildman–Crippen MR) is 138 cm³/mol. The Kier molecular flexibility index (Phi) is 8.65. The molecule has 36 heavy (non-hydrogen) atoms. The average Bonchev–Trinajstić information content (AvgIpc) is 3.31.